The molecule has 1 rings (SSSR count). The van der Waals surface area contributed by atoms with Crippen LogP contribution >= 0.6 is 24.0 Å². The fraction of sp³-hybridized carbons (Fsp3) is 0.286. The lowest BCUT2D eigenvalue weighted by atomic mass is 10.1. The normalized spacial score (nSPS) is 11.9. The maximum Gasteiger partial charge on any atom is 0.133 e. The van der Waals surface area contributed by atoms with Crippen molar-refractivity contribution in [2.75, 3.05) is 6.61 Å². The molecule has 0 aliphatic carbocycles. The predicted molar refractivity (Wildman–Crippen MR) is 50.5 cm³/mol. The molecule has 0 fully saturated rings. The van der Waals surface area contributed by atoms with Crippen LogP contribution in [-0.2, 0) is 0 Å². The highest BCUT2D eigenvalue weighted by Gasteiger charge is 2.07. The summed E-state index contributed by atoms with van der Waals surface area (Å²) >= 11 is 5.70. The van der Waals surface area contributed by atoms with Gasteiger partial charge in [0, 0.05) is 11.8 Å². The molecule has 1 atom stereocenters. The topological polar surface area (TPSA) is 59.1 Å². The van der Waals surface area contributed by atoms with Crippen molar-refractivity contribution < 1.29 is 5.11 Å². The van der Waals surface area contributed by atoms with E-state index in [9.17, 15) is 0 Å². The van der Waals surface area contributed by atoms with Gasteiger partial charge < -0.3 is 10.8 Å². The van der Waals surface area contributed by atoms with Crippen LogP contribution in [0.2, 0.25) is 5.15 Å². The average Bonchev–Trinajstić information content (AvgIpc) is 2.04. The van der Waals surface area contributed by atoms with Crippen molar-refractivity contribution in [3.8, 4) is 0 Å². The van der Waals surface area contributed by atoms with E-state index >= 15 is 0 Å². The van der Waals surface area contributed by atoms with E-state index in [1.807, 2.05) is 0 Å². The fourth-order valence-corrected chi connectivity index (χ4v) is 1.03. The summed E-state index contributed by atoms with van der Waals surface area (Å²) in [5, 5.41) is 9.06. The zero-order valence-electron chi connectivity index (χ0n) is 6.27. The number of nitrogens with zero attached hydrogens (tertiary/aromatic N) is 1. The number of rotatable bonds is 2. The van der Waals surface area contributed by atoms with Crippen molar-refractivity contribution in [1.82, 2.24) is 4.98 Å². The lowest BCUT2D eigenvalue weighted by Gasteiger charge is -2.08. The van der Waals surface area contributed by atoms with Crippen molar-refractivity contribution in [1.29, 1.82) is 0 Å². The van der Waals surface area contributed by atoms with E-state index < -0.39 is 6.04 Å². The van der Waals surface area contributed by atoms with Gasteiger partial charge in [0.15, 0.2) is 0 Å². The molecule has 0 saturated carbocycles. The van der Waals surface area contributed by atoms with Gasteiger partial charge in [-0.3, -0.25) is 0 Å². The highest BCUT2D eigenvalue weighted by atomic mass is 35.5. The molecule has 0 aromatic carbocycles. The zero-order chi connectivity index (χ0) is 8.27. The van der Waals surface area contributed by atoms with E-state index in [1.54, 1.807) is 18.3 Å². The van der Waals surface area contributed by atoms with Crippen molar-refractivity contribution in [2.45, 2.75) is 6.04 Å². The van der Waals surface area contributed by atoms with Gasteiger partial charge in [-0.25, -0.2) is 4.98 Å². The molecule has 0 unspecified atom stereocenters. The summed E-state index contributed by atoms with van der Waals surface area (Å²) in [7, 11) is 0. The standard InChI is InChI=1S/C7H9ClN2O.ClH/c8-7-5(6(9)4-11)2-1-3-10-7;/h1-3,6,11H,4,9H2;1H/t6-;/m1./s1. The summed E-state index contributed by atoms with van der Waals surface area (Å²) in [6.45, 7) is -0.120. The summed E-state index contributed by atoms with van der Waals surface area (Å²) in [5.41, 5.74) is 6.20. The Labute approximate surface area is 82.0 Å². The van der Waals surface area contributed by atoms with E-state index in [0.717, 1.165) is 0 Å². The molecule has 1 heterocycles. The van der Waals surface area contributed by atoms with Crippen LogP contribution in [0.25, 0.3) is 0 Å². The van der Waals surface area contributed by atoms with Gasteiger partial charge in [0.05, 0.1) is 12.6 Å². The molecule has 0 spiro atoms. The van der Waals surface area contributed by atoms with E-state index in [2.05, 4.69) is 4.98 Å². The fourth-order valence-electron chi connectivity index (χ4n) is 0.773. The Morgan fingerprint density at radius 2 is 2.33 bits per heavy atom. The Morgan fingerprint density at radius 3 is 2.83 bits per heavy atom. The third-order valence-corrected chi connectivity index (χ3v) is 1.70. The maximum atomic E-state index is 8.70. The Balaban J connectivity index is 0.00000121. The van der Waals surface area contributed by atoms with Crippen LogP contribution in [0, 0.1) is 0 Å². The SMILES string of the molecule is Cl.N[C@H](CO)c1cccnc1Cl. The van der Waals surface area contributed by atoms with Gasteiger partial charge in [0.2, 0.25) is 0 Å². The lowest BCUT2D eigenvalue weighted by Crippen LogP contribution is -2.15. The van der Waals surface area contributed by atoms with Gasteiger partial charge in [-0.05, 0) is 6.07 Å². The molecule has 0 radical (unpaired) electrons. The molecule has 0 aliphatic heterocycles. The Bertz CT molecular complexity index is 245. The predicted octanol–water partition coefficient (Wildman–Crippen LogP) is 1.15. The van der Waals surface area contributed by atoms with Crippen molar-refractivity contribution in [3.05, 3.63) is 29.0 Å². The maximum absolute atomic E-state index is 8.70. The van der Waals surface area contributed by atoms with Crippen LogP contribution < -0.4 is 5.73 Å². The minimum atomic E-state index is -0.434. The second kappa shape index (κ2) is 5.32. The number of pyridine rings is 1. The van der Waals surface area contributed by atoms with E-state index in [4.69, 9.17) is 22.4 Å². The van der Waals surface area contributed by atoms with Gasteiger partial charge in [-0.1, -0.05) is 17.7 Å². The number of hydrogen-bond donors (Lipinski definition) is 2. The molecule has 3 nitrogen and oxygen atoms in total. The molecule has 12 heavy (non-hydrogen) atoms. The first-order valence-corrected chi connectivity index (χ1v) is 3.60. The molecule has 0 bridgehead atoms. The smallest absolute Gasteiger partial charge is 0.133 e. The summed E-state index contributed by atoms with van der Waals surface area (Å²) in [5.74, 6) is 0. The number of aliphatic hydroxyl groups excluding tert-OH is 1. The number of halogens is 2. The number of hydrogen-bond acceptors (Lipinski definition) is 3. The monoisotopic (exact) mass is 208 g/mol. The molecule has 0 aliphatic rings. The number of aromatic nitrogens is 1. The van der Waals surface area contributed by atoms with Gasteiger partial charge in [0.25, 0.3) is 0 Å². The molecule has 3 N–H and O–H groups in total. The minimum absolute atomic E-state index is 0. The van der Waals surface area contributed by atoms with Crippen molar-refractivity contribution in [2.24, 2.45) is 5.73 Å². The lowest BCUT2D eigenvalue weighted by molar-refractivity contribution is 0.268. The van der Waals surface area contributed by atoms with Crippen LogP contribution in [0.1, 0.15) is 11.6 Å². The number of nitrogens with two attached hydrogens (primary N) is 1. The Kier molecular flexibility index (Phi) is 5.17. The van der Waals surface area contributed by atoms with Crippen molar-refractivity contribution >= 4 is 24.0 Å². The third-order valence-electron chi connectivity index (χ3n) is 1.38. The third kappa shape index (κ3) is 2.60. The van der Waals surface area contributed by atoms with Gasteiger partial charge in [-0.2, -0.15) is 0 Å². The molecule has 5 heteroatoms. The Hall–Kier alpha value is -0.350. The number of aliphatic hydroxyl groups is 1. The highest BCUT2D eigenvalue weighted by Crippen LogP contribution is 2.17. The molecular formula is C7H10Cl2N2O. The first-order chi connectivity index (χ1) is 5.25. The van der Waals surface area contributed by atoms with Crippen LogP contribution in [-0.4, -0.2) is 16.7 Å². The van der Waals surface area contributed by atoms with Crippen molar-refractivity contribution in [3.63, 3.8) is 0 Å². The zero-order valence-corrected chi connectivity index (χ0v) is 7.85. The summed E-state index contributed by atoms with van der Waals surface area (Å²) in [6.07, 6.45) is 1.58. The highest BCUT2D eigenvalue weighted by molar-refractivity contribution is 6.30. The molecular weight excluding hydrogens is 199 g/mol. The van der Waals surface area contributed by atoms with E-state index in [-0.39, 0.29) is 19.0 Å². The van der Waals surface area contributed by atoms with Crippen LogP contribution in [0.15, 0.2) is 18.3 Å². The summed E-state index contributed by atoms with van der Waals surface area (Å²) in [4.78, 5) is 3.82. The Morgan fingerprint density at radius 1 is 1.67 bits per heavy atom. The largest absolute Gasteiger partial charge is 0.394 e. The van der Waals surface area contributed by atoms with Crippen LogP contribution in [0.3, 0.4) is 0 Å². The minimum Gasteiger partial charge on any atom is -0.394 e. The molecule has 68 valence electrons. The van der Waals surface area contributed by atoms with E-state index in [1.165, 1.54) is 0 Å². The average molecular weight is 209 g/mol. The first kappa shape index (κ1) is 11.6. The molecule has 0 saturated heterocycles. The molecule has 1 aromatic heterocycles. The molecule has 0 amide bonds. The van der Waals surface area contributed by atoms with Crippen LogP contribution in [0.4, 0.5) is 0 Å². The van der Waals surface area contributed by atoms with Gasteiger partial charge >= 0.3 is 0 Å². The van der Waals surface area contributed by atoms with Gasteiger partial charge in [0.1, 0.15) is 5.15 Å². The summed E-state index contributed by atoms with van der Waals surface area (Å²) in [6, 6.07) is 3.05. The summed E-state index contributed by atoms with van der Waals surface area (Å²) < 4.78 is 0. The van der Waals surface area contributed by atoms with Gasteiger partial charge in [-0.15, -0.1) is 12.4 Å². The molecule has 1 aromatic rings. The second-order valence-electron chi connectivity index (χ2n) is 2.17. The second-order valence-corrected chi connectivity index (χ2v) is 2.53. The first-order valence-electron chi connectivity index (χ1n) is 3.22. The van der Waals surface area contributed by atoms with Crippen LogP contribution in [0.5, 0.6) is 0 Å². The quantitative estimate of drug-likeness (QED) is 0.718. The van der Waals surface area contributed by atoms with E-state index in [0.29, 0.717) is 10.7 Å².